The van der Waals surface area contributed by atoms with Gasteiger partial charge in [0.2, 0.25) is 0 Å². The van der Waals surface area contributed by atoms with Gasteiger partial charge in [-0.3, -0.25) is 0 Å². The van der Waals surface area contributed by atoms with Gasteiger partial charge in [-0.2, -0.15) is 0 Å². The van der Waals surface area contributed by atoms with Crippen molar-refractivity contribution in [3.8, 4) is 0 Å². The zero-order valence-corrected chi connectivity index (χ0v) is 8.64. The van der Waals surface area contributed by atoms with Crippen LogP contribution in [0.2, 0.25) is 0 Å². The van der Waals surface area contributed by atoms with Gasteiger partial charge in [0.25, 0.3) is 0 Å². The summed E-state index contributed by atoms with van der Waals surface area (Å²) in [5, 5.41) is 7.75. The van der Waals surface area contributed by atoms with Gasteiger partial charge in [0.15, 0.2) is 0 Å². The van der Waals surface area contributed by atoms with E-state index >= 15 is 0 Å². The van der Waals surface area contributed by atoms with Crippen LogP contribution in [-0.4, -0.2) is 45.6 Å². The van der Waals surface area contributed by atoms with Crippen molar-refractivity contribution in [1.82, 2.24) is 0 Å². The van der Waals surface area contributed by atoms with E-state index in [2.05, 4.69) is 0 Å². The molecule has 3 heteroatoms. The molecule has 0 saturated heterocycles. The Kier molecular flexibility index (Phi) is 16.4. The summed E-state index contributed by atoms with van der Waals surface area (Å²) in [6.45, 7) is 0.472. The molecule has 0 amide bonds. The van der Waals surface area contributed by atoms with Crippen molar-refractivity contribution in [3.63, 3.8) is 0 Å². The molecule has 2 nitrogen and oxygen atoms in total. The van der Waals surface area contributed by atoms with Crippen LogP contribution in [0, 0.1) is 0 Å². The SMILES string of the molecule is NCCO.[PbH2]. The second-order valence-corrected chi connectivity index (χ2v) is 0.512. The van der Waals surface area contributed by atoms with E-state index in [-0.39, 0.29) is 33.9 Å². The van der Waals surface area contributed by atoms with Crippen LogP contribution < -0.4 is 5.73 Å². The number of aliphatic hydroxyl groups is 1. The van der Waals surface area contributed by atoms with E-state index in [0.717, 1.165) is 0 Å². The number of nitrogens with two attached hydrogens (primary N) is 1. The Bertz CT molecular complexity index is 11.6. The Balaban J connectivity index is 0. The number of rotatable bonds is 1. The van der Waals surface area contributed by atoms with Crippen LogP contribution >= 0.6 is 0 Å². The van der Waals surface area contributed by atoms with Crippen molar-refractivity contribution >= 4 is 27.3 Å². The van der Waals surface area contributed by atoms with Crippen molar-refractivity contribution in [3.05, 3.63) is 0 Å². The van der Waals surface area contributed by atoms with Gasteiger partial charge in [-0.15, -0.1) is 0 Å². The topological polar surface area (TPSA) is 46.2 Å². The summed E-state index contributed by atoms with van der Waals surface area (Å²) in [4.78, 5) is 0. The number of hydrogen-bond donors (Lipinski definition) is 2. The summed E-state index contributed by atoms with van der Waals surface area (Å²) in [6.07, 6.45) is 0. The monoisotopic (exact) mass is 271 g/mol. The molecule has 3 N–H and O–H groups in total. The summed E-state index contributed by atoms with van der Waals surface area (Å²) in [5.74, 6) is 0. The van der Waals surface area contributed by atoms with Crippen LogP contribution in [0.4, 0.5) is 0 Å². The third kappa shape index (κ3) is 11.5. The van der Waals surface area contributed by atoms with E-state index in [0.29, 0.717) is 6.54 Å². The second kappa shape index (κ2) is 8.85. The standard InChI is InChI=1S/C2H7NO.Pb.2H/c3-1-2-4;;;/h4H,1-3H2;;;. The van der Waals surface area contributed by atoms with Gasteiger partial charge in [0, 0.05) is 6.54 Å². The molecule has 0 aromatic carbocycles. The average Bonchev–Trinajstić information content (AvgIpc) is 1.37. The van der Waals surface area contributed by atoms with Gasteiger partial charge in [0.05, 0.1) is 6.61 Å². The van der Waals surface area contributed by atoms with Crippen molar-refractivity contribution < 1.29 is 5.11 Å². The maximum absolute atomic E-state index is 7.75. The van der Waals surface area contributed by atoms with Gasteiger partial charge in [-0.1, -0.05) is 0 Å². The van der Waals surface area contributed by atoms with E-state index in [1.165, 1.54) is 0 Å². The van der Waals surface area contributed by atoms with E-state index in [1.807, 2.05) is 0 Å². The predicted molar refractivity (Wildman–Crippen MR) is 24.7 cm³/mol. The zero-order chi connectivity index (χ0) is 3.41. The molecule has 0 unspecified atom stereocenters. The minimum absolute atomic E-state index is 0. The van der Waals surface area contributed by atoms with Crippen LogP contribution in [0.25, 0.3) is 0 Å². The van der Waals surface area contributed by atoms with Crippen molar-refractivity contribution in [2.24, 2.45) is 5.73 Å². The summed E-state index contributed by atoms with van der Waals surface area (Å²) in [5.41, 5.74) is 4.78. The summed E-state index contributed by atoms with van der Waals surface area (Å²) in [6, 6.07) is 0. The number of aliphatic hydroxyl groups excluding tert-OH is 1. The first-order valence-corrected chi connectivity index (χ1v) is 1.22. The first-order chi connectivity index (χ1) is 1.91. The Labute approximate surface area is 51.5 Å². The van der Waals surface area contributed by atoms with Crippen LogP contribution in [0.15, 0.2) is 0 Å². The molecule has 0 aliphatic rings. The average molecular weight is 270 g/mol. The molecule has 2 radical (unpaired) electrons. The van der Waals surface area contributed by atoms with Crippen molar-refractivity contribution in [2.75, 3.05) is 13.2 Å². The zero-order valence-electron chi connectivity index (χ0n) is 3.15. The first kappa shape index (κ1) is 9.28. The van der Waals surface area contributed by atoms with Crippen LogP contribution in [0.1, 0.15) is 0 Å². The van der Waals surface area contributed by atoms with Gasteiger partial charge < -0.3 is 10.8 Å². The fourth-order valence-corrected chi connectivity index (χ4v) is 0. The molecule has 0 aliphatic heterocycles. The van der Waals surface area contributed by atoms with E-state index in [1.54, 1.807) is 0 Å². The molecule has 0 aromatic heterocycles. The quantitative estimate of drug-likeness (QED) is 0.543. The molecule has 5 heavy (non-hydrogen) atoms. The van der Waals surface area contributed by atoms with Crippen LogP contribution in [0.3, 0.4) is 0 Å². The molecule has 0 bridgehead atoms. The Morgan fingerprint density at radius 2 is 1.80 bits per heavy atom. The third-order valence-corrected chi connectivity index (χ3v) is 0.129. The summed E-state index contributed by atoms with van der Waals surface area (Å²) < 4.78 is 0. The van der Waals surface area contributed by atoms with E-state index in [9.17, 15) is 0 Å². The van der Waals surface area contributed by atoms with Gasteiger partial charge in [-0.05, 0) is 0 Å². The Morgan fingerprint density at radius 1 is 1.60 bits per heavy atom. The van der Waals surface area contributed by atoms with Crippen molar-refractivity contribution in [1.29, 1.82) is 0 Å². The molecule has 0 rings (SSSR count). The van der Waals surface area contributed by atoms with Crippen LogP contribution in [-0.2, 0) is 0 Å². The fourth-order valence-electron chi connectivity index (χ4n) is 0. The molecule has 0 fully saturated rings. The van der Waals surface area contributed by atoms with Crippen molar-refractivity contribution in [2.45, 2.75) is 0 Å². The molecule has 32 valence electrons. The first-order valence-electron chi connectivity index (χ1n) is 1.22. The third-order valence-electron chi connectivity index (χ3n) is 0.129. The molecule has 0 aliphatic carbocycles. The molecular weight excluding hydrogens is 261 g/mol. The Morgan fingerprint density at radius 3 is 1.80 bits per heavy atom. The molecule has 0 atom stereocenters. The molecule has 0 saturated carbocycles. The van der Waals surface area contributed by atoms with Gasteiger partial charge >= 0.3 is 27.3 Å². The predicted octanol–water partition coefficient (Wildman–Crippen LogP) is -1.98. The molecule has 0 spiro atoms. The molecular formula is C2H9NOPb. The minimum atomic E-state index is 0. The maximum atomic E-state index is 7.75. The Hall–Kier alpha value is 0.842. The van der Waals surface area contributed by atoms with Gasteiger partial charge in [-0.25, -0.2) is 0 Å². The fraction of sp³-hybridized carbons (Fsp3) is 1.00. The van der Waals surface area contributed by atoms with Gasteiger partial charge in [0.1, 0.15) is 0 Å². The van der Waals surface area contributed by atoms with E-state index in [4.69, 9.17) is 10.8 Å². The van der Waals surface area contributed by atoms with E-state index < -0.39 is 0 Å². The number of hydrogen-bond acceptors (Lipinski definition) is 2. The van der Waals surface area contributed by atoms with Crippen LogP contribution in [0.5, 0.6) is 0 Å². The summed E-state index contributed by atoms with van der Waals surface area (Å²) >= 11 is 0. The normalized spacial score (nSPS) is 6.00. The molecule has 0 aromatic rings. The second-order valence-electron chi connectivity index (χ2n) is 0.512. The summed E-state index contributed by atoms with van der Waals surface area (Å²) in [7, 11) is 0. The molecule has 0 heterocycles.